The highest BCUT2D eigenvalue weighted by Crippen LogP contribution is 2.15. The van der Waals surface area contributed by atoms with Crippen LogP contribution in [0.3, 0.4) is 0 Å². The lowest BCUT2D eigenvalue weighted by molar-refractivity contribution is 0.00865. The Kier molecular flexibility index (Phi) is 5.56. The summed E-state index contributed by atoms with van der Waals surface area (Å²) in [5.41, 5.74) is 1.07. The van der Waals surface area contributed by atoms with Crippen LogP contribution in [-0.4, -0.2) is 30.3 Å². The molecule has 0 aliphatic rings. The Hall–Kier alpha value is -0.450. The van der Waals surface area contributed by atoms with E-state index < -0.39 is 0 Å². The third-order valence-corrected chi connectivity index (χ3v) is 3.88. The topological polar surface area (TPSA) is 34.1 Å². The second-order valence-electron chi connectivity index (χ2n) is 5.16. The minimum atomic E-state index is -0.0514. The zero-order chi connectivity index (χ0) is 12.9. The first-order valence-electron chi connectivity index (χ1n) is 6.12. The van der Waals surface area contributed by atoms with Crippen molar-refractivity contribution in [3.8, 4) is 0 Å². The average molecular weight is 256 g/mol. The van der Waals surface area contributed by atoms with Gasteiger partial charge in [-0.3, -0.25) is 0 Å². The lowest BCUT2D eigenvalue weighted by atomic mass is 10.00. The monoisotopic (exact) mass is 256 g/mol. The fourth-order valence-electron chi connectivity index (χ4n) is 1.84. The normalized spacial score (nSPS) is 13.9. The number of hydrogen-bond acceptors (Lipinski definition) is 4. The standard InChI is InChI=1S/C13H24N2OS/c1-10(8-13(3,4)16-5)14-7-6-12-15-11(2)9-17-12/h9-10,14H,6-8H2,1-5H3/t10-/m0/s1. The number of aryl methyl sites for hydroxylation is 1. The molecular weight excluding hydrogens is 232 g/mol. The van der Waals surface area contributed by atoms with Gasteiger partial charge in [0.1, 0.15) is 0 Å². The van der Waals surface area contributed by atoms with Gasteiger partial charge in [-0.1, -0.05) is 0 Å². The predicted molar refractivity (Wildman–Crippen MR) is 73.7 cm³/mol. The first-order valence-corrected chi connectivity index (χ1v) is 7.00. The molecule has 0 radical (unpaired) electrons. The number of ether oxygens (including phenoxy) is 1. The second kappa shape index (κ2) is 6.47. The molecule has 0 aliphatic heterocycles. The van der Waals surface area contributed by atoms with E-state index in [9.17, 15) is 0 Å². The van der Waals surface area contributed by atoms with Crippen LogP contribution in [0.5, 0.6) is 0 Å². The highest BCUT2D eigenvalue weighted by atomic mass is 32.1. The third kappa shape index (κ3) is 5.61. The molecule has 1 atom stereocenters. The van der Waals surface area contributed by atoms with Gasteiger partial charge in [-0.15, -0.1) is 11.3 Å². The Morgan fingerprint density at radius 1 is 1.53 bits per heavy atom. The van der Waals surface area contributed by atoms with Crippen LogP contribution in [0.4, 0.5) is 0 Å². The van der Waals surface area contributed by atoms with Crippen molar-refractivity contribution in [2.24, 2.45) is 0 Å². The molecule has 0 fully saturated rings. The Morgan fingerprint density at radius 2 is 2.24 bits per heavy atom. The quantitative estimate of drug-likeness (QED) is 0.814. The molecule has 1 heterocycles. The number of methoxy groups -OCH3 is 1. The van der Waals surface area contributed by atoms with E-state index in [1.54, 1.807) is 18.4 Å². The Bertz CT molecular complexity index is 336. The van der Waals surface area contributed by atoms with Crippen molar-refractivity contribution in [2.45, 2.75) is 52.2 Å². The van der Waals surface area contributed by atoms with Crippen LogP contribution in [0.2, 0.25) is 0 Å². The first-order chi connectivity index (χ1) is 7.93. The van der Waals surface area contributed by atoms with E-state index in [2.05, 4.69) is 36.5 Å². The van der Waals surface area contributed by atoms with Crippen LogP contribution < -0.4 is 5.32 Å². The van der Waals surface area contributed by atoms with E-state index in [0.717, 1.165) is 25.1 Å². The molecule has 1 N–H and O–H groups in total. The third-order valence-electron chi connectivity index (χ3n) is 2.85. The molecule has 17 heavy (non-hydrogen) atoms. The summed E-state index contributed by atoms with van der Waals surface area (Å²) in [6.45, 7) is 9.46. The zero-order valence-corrected chi connectivity index (χ0v) is 12.4. The summed E-state index contributed by atoms with van der Waals surface area (Å²) in [6, 6.07) is 0.464. The molecule has 0 amide bonds. The van der Waals surface area contributed by atoms with Gasteiger partial charge in [-0.05, 0) is 34.1 Å². The van der Waals surface area contributed by atoms with Crippen LogP contribution in [0.15, 0.2) is 5.38 Å². The Morgan fingerprint density at radius 3 is 2.76 bits per heavy atom. The summed E-state index contributed by atoms with van der Waals surface area (Å²) >= 11 is 1.74. The SMILES string of the molecule is COC(C)(C)C[C@H](C)NCCc1nc(C)cs1. The lowest BCUT2D eigenvalue weighted by Gasteiger charge is -2.27. The molecule has 0 saturated carbocycles. The highest BCUT2D eigenvalue weighted by molar-refractivity contribution is 7.09. The molecular formula is C13H24N2OS. The number of rotatable bonds is 7. The van der Waals surface area contributed by atoms with E-state index in [1.807, 2.05) is 6.92 Å². The maximum Gasteiger partial charge on any atom is 0.0940 e. The van der Waals surface area contributed by atoms with Crippen LogP contribution in [0.25, 0.3) is 0 Å². The lowest BCUT2D eigenvalue weighted by Crippen LogP contribution is -2.36. The molecule has 4 heteroatoms. The summed E-state index contributed by atoms with van der Waals surface area (Å²) in [4.78, 5) is 4.45. The summed E-state index contributed by atoms with van der Waals surface area (Å²) in [5.74, 6) is 0. The molecule has 3 nitrogen and oxygen atoms in total. The van der Waals surface area contributed by atoms with Gasteiger partial charge < -0.3 is 10.1 Å². The smallest absolute Gasteiger partial charge is 0.0940 e. The average Bonchev–Trinajstić information content (AvgIpc) is 2.63. The number of nitrogens with one attached hydrogen (secondary N) is 1. The number of thiazole rings is 1. The predicted octanol–water partition coefficient (Wildman–Crippen LogP) is 2.79. The van der Waals surface area contributed by atoms with Gasteiger partial charge in [0.25, 0.3) is 0 Å². The number of nitrogens with zero attached hydrogens (tertiary/aromatic N) is 1. The minimum absolute atomic E-state index is 0.0514. The minimum Gasteiger partial charge on any atom is -0.379 e. The first kappa shape index (κ1) is 14.6. The Labute approximate surface area is 109 Å². The summed E-state index contributed by atoms with van der Waals surface area (Å²) in [6.07, 6.45) is 2.02. The molecule has 0 aliphatic carbocycles. The van der Waals surface area contributed by atoms with Gasteiger partial charge in [0, 0.05) is 37.2 Å². The van der Waals surface area contributed by atoms with Crippen LogP contribution in [-0.2, 0) is 11.2 Å². The van der Waals surface area contributed by atoms with Crippen molar-refractivity contribution in [3.63, 3.8) is 0 Å². The fraction of sp³-hybridized carbons (Fsp3) is 0.769. The molecule has 0 unspecified atom stereocenters. The van der Waals surface area contributed by atoms with Crippen LogP contribution in [0.1, 0.15) is 37.9 Å². The number of hydrogen-bond donors (Lipinski definition) is 1. The van der Waals surface area contributed by atoms with Gasteiger partial charge in [0.05, 0.1) is 10.6 Å². The number of aromatic nitrogens is 1. The van der Waals surface area contributed by atoms with Crippen molar-refractivity contribution in [3.05, 3.63) is 16.1 Å². The summed E-state index contributed by atoms with van der Waals surface area (Å²) in [7, 11) is 1.77. The van der Waals surface area contributed by atoms with Gasteiger partial charge in [-0.25, -0.2) is 4.98 Å². The van der Waals surface area contributed by atoms with E-state index >= 15 is 0 Å². The maximum absolute atomic E-state index is 5.43. The molecule has 0 bridgehead atoms. The summed E-state index contributed by atoms with van der Waals surface area (Å²) in [5, 5.41) is 6.84. The van der Waals surface area contributed by atoms with Crippen molar-refractivity contribution in [1.29, 1.82) is 0 Å². The zero-order valence-electron chi connectivity index (χ0n) is 11.5. The Balaban J connectivity index is 2.22. The van der Waals surface area contributed by atoms with Gasteiger partial charge in [0.15, 0.2) is 0 Å². The largest absolute Gasteiger partial charge is 0.379 e. The molecule has 1 aromatic heterocycles. The van der Waals surface area contributed by atoms with Gasteiger partial charge in [0.2, 0.25) is 0 Å². The van der Waals surface area contributed by atoms with Gasteiger partial charge >= 0.3 is 0 Å². The van der Waals surface area contributed by atoms with Crippen molar-refractivity contribution >= 4 is 11.3 Å². The second-order valence-corrected chi connectivity index (χ2v) is 6.10. The van der Waals surface area contributed by atoms with E-state index in [4.69, 9.17) is 4.74 Å². The van der Waals surface area contributed by atoms with E-state index in [1.165, 1.54) is 5.01 Å². The highest BCUT2D eigenvalue weighted by Gasteiger charge is 2.19. The molecule has 0 aromatic carbocycles. The molecule has 0 saturated heterocycles. The molecule has 0 spiro atoms. The van der Waals surface area contributed by atoms with E-state index in [0.29, 0.717) is 6.04 Å². The van der Waals surface area contributed by atoms with Gasteiger partial charge in [-0.2, -0.15) is 0 Å². The molecule has 1 aromatic rings. The van der Waals surface area contributed by atoms with Crippen molar-refractivity contribution in [1.82, 2.24) is 10.3 Å². The molecule has 1 rings (SSSR count). The summed E-state index contributed by atoms with van der Waals surface area (Å²) < 4.78 is 5.43. The van der Waals surface area contributed by atoms with E-state index in [-0.39, 0.29) is 5.60 Å². The molecule has 98 valence electrons. The van der Waals surface area contributed by atoms with Crippen molar-refractivity contribution < 1.29 is 4.74 Å². The maximum atomic E-state index is 5.43. The van der Waals surface area contributed by atoms with Crippen molar-refractivity contribution in [2.75, 3.05) is 13.7 Å². The van der Waals surface area contributed by atoms with Crippen LogP contribution >= 0.6 is 11.3 Å². The van der Waals surface area contributed by atoms with Crippen LogP contribution in [0, 0.1) is 6.92 Å². The fourth-order valence-corrected chi connectivity index (χ4v) is 2.61.